The van der Waals surface area contributed by atoms with Gasteiger partial charge in [0.25, 0.3) is 0 Å². The van der Waals surface area contributed by atoms with Crippen molar-refractivity contribution in [3.63, 3.8) is 0 Å². The van der Waals surface area contributed by atoms with Crippen LogP contribution in [-0.4, -0.2) is 78.6 Å². The van der Waals surface area contributed by atoms with Crippen molar-refractivity contribution in [3.05, 3.63) is 198 Å². The van der Waals surface area contributed by atoms with Gasteiger partial charge in [-0.3, -0.25) is 30.0 Å². The van der Waals surface area contributed by atoms with Gasteiger partial charge in [-0.1, -0.05) is 131 Å². The van der Waals surface area contributed by atoms with Gasteiger partial charge in [0, 0.05) is 61.4 Å². The van der Waals surface area contributed by atoms with Crippen molar-refractivity contribution >= 4 is 137 Å². The zero-order valence-corrected chi connectivity index (χ0v) is 45.7. The topological polar surface area (TPSA) is 142 Å². The zero-order valence-electron chi connectivity index (χ0n) is 38.5. The van der Waals surface area contributed by atoms with Gasteiger partial charge in [0.2, 0.25) is 23.1 Å². The number of para-hydroxylation sites is 2. The number of halogens is 7. The van der Waals surface area contributed by atoms with E-state index in [1.54, 1.807) is 103 Å². The third-order valence-corrected chi connectivity index (χ3v) is 13.1. The Labute approximate surface area is 456 Å². The van der Waals surface area contributed by atoms with Crippen LogP contribution < -0.4 is 11.2 Å². The lowest BCUT2D eigenvalue weighted by Crippen LogP contribution is -2.34. The number of carbonyl (C=O) groups is 4. The van der Waals surface area contributed by atoms with Gasteiger partial charge in [-0.15, -0.1) is 34.0 Å². The first kappa shape index (κ1) is 56.5. The number of hydrogen-bond donors (Lipinski definition) is 2. The lowest BCUT2D eigenvalue weighted by molar-refractivity contribution is -0.130. The molecule has 12 nitrogen and oxygen atoms in total. The second-order valence-electron chi connectivity index (χ2n) is 16.3. The van der Waals surface area contributed by atoms with Crippen molar-refractivity contribution in [1.29, 1.82) is 10.8 Å². The number of Topliss-reactive ketones (excluding diaryl/α,β-unsaturated/α-hetero) is 2. The minimum Gasteiger partial charge on any atom is -0.344 e. The number of ketones is 2. The smallest absolute Gasteiger partial charge is 0.226 e. The summed E-state index contributed by atoms with van der Waals surface area (Å²) in [6, 6.07) is 41.3. The van der Waals surface area contributed by atoms with Crippen molar-refractivity contribution in [3.8, 4) is 0 Å². The number of aromatic nitrogens is 4. The molecule has 0 atom stereocenters. The van der Waals surface area contributed by atoms with Crippen molar-refractivity contribution < 1.29 is 19.2 Å². The van der Waals surface area contributed by atoms with E-state index in [9.17, 15) is 19.2 Å². The fourth-order valence-electron chi connectivity index (χ4n) is 7.84. The molecule has 2 heterocycles. The molecule has 2 aromatic heterocycles. The maximum Gasteiger partial charge on any atom is 0.226 e. The fourth-order valence-corrected chi connectivity index (χ4v) is 9.02. The average molecular weight is 1190 g/mol. The molecule has 8 rings (SSSR count). The van der Waals surface area contributed by atoms with Gasteiger partial charge in [-0.25, -0.2) is 0 Å². The molecule has 19 heteroatoms. The molecule has 0 radical (unpaired) electrons. The van der Waals surface area contributed by atoms with E-state index < -0.39 is 0 Å². The molecule has 0 aliphatic rings. The molecule has 0 bridgehead atoms. The van der Waals surface area contributed by atoms with Crippen molar-refractivity contribution in [2.45, 2.75) is 39.0 Å². The first-order chi connectivity index (χ1) is 33.1. The highest BCUT2D eigenvalue weighted by Crippen LogP contribution is 2.26. The van der Waals surface area contributed by atoms with Crippen LogP contribution in [0, 0.1) is 10.8 Å². The summed E-state index contributed by atoms with van der Waals surface area (Å²) < 4.78 is 6.71. The quantitative estimate of drug-likeness (QED) is 0.0929. The molecule has 0 aliphatic carbocycles. The second kappa shape index (κ2) is 25.8. The van der Waals surface area contributed by atoms with E-state index in [-0.39, 0.29) is 86.7 Å². The molecule has 6 aromatic carbocycles. The number of amides is 2. The summed E-state index contributed by atoms with van der Waals surface area (Å²) in [5.41, 5.74) is 5.65. The average Bonchev–Trinajstić information content (AvgIpc) is 3.76. The van der Waals surface area contributed by atoms with Crippen LogP contribution in [0.25, 0.3) is 22.1 Å². The Morgan fingerprint density at radius 3 is 1.34 bits per heavy atom. The molecule has 0 spiro atoms. The molecule has 0 saturated heterocycles. The largest absolute Gasteiger partial charge is 0.344 e. The molecule has 0 saturated carbocycles. The van der Waals surface area contributed by atoms with E-state index in [1.165, 1.54) is 6.07 Å². The molecular formula is C52H49Br2Cl5N8O4. The fraction of sp³-hybridized carbons (Fsp3) is 0.192. The summed E-state index contributed by atoms with van der Waals surface area (Å²) in [7, 11) is 3.49. The Hall–Kier alpha value is -5.45. The maximum atomic E-state index is 13.0. The van der Waals surface area contributed by atoms with Crippen molar-refractivity contribution in [2.24, 2.45) is 0 Å². The standard InChI is InChI=1S/C26H23Cl3N4O2.C26H24Cl2N4O2.2BrH/c1-31(24(35)14-17-6-3-2-4-7-17)12-13-32-25-20(28)8-5-9-22(25)33(26(32)30)16-23(34)19-11-10-18(27)15-21(19)29;1-30(24(34)16-18-6-3-2-4-7-18)14-15-31-25-21(28)8-5-9-22(25)32(26(31)29)17-23(33)19-10-12-20(27)13-11-19;;/h2-11,15,30H,12-14,16H2,1H3;2-13,29H,14-17H2,1H3;2*1H. The van der Waals surface area contributed by atoms with Gasteiger partial charge < -0.3 is 28.1 Å². The number of fused-ring (bicyclic) bond motifs is 2. The van der Waals surface area contributed by atoms with Crippen LogP contribution >= 0.6 is 92.0 Å². The summed E-state index contributed by atoms with van der Waals surface area (Å²) in [6.45, 7) is 1.40. The van der Waals surface area contributed by atoms with Crippen LogP contribution in [0.5, 0.6) is 0 Å². The number of likely N-dealkylation sites (N-methyl/N-ethyl adjacent to an activating group) is 2. The lowest BCUT2D eigenvalue weighted by atomic mass is 10.1. The van der Waals surface area contributed by atoms with Gasteiger partial charge in [0.05, 0.1) is 63.1 Å². The van der Waals surface area contributed by atoms with Gasteiger partial charge in [0.15, 0.2) is 11.6 Å². The Bertz CT molecular complexity index is 3310. The summed E-state index contributed by atoms with van der Waals surface area (Å²) in [4.78, 5) is 54.6. The molecule has 0 aliphatic heterocycles. The molecule has 8 aromatic rings. The van der Waals surface area contributed by atoms with E-state index in [1.807, 2.05) is 72.8 Å². The van der Waals surface area contributed by atoms with Crippen molar-refractivity contribution in [1.82, 2.24) is 28.1 Å². The SMILES string of the molecule is Br.Br.CN(CCn1c(=N)n(CC(=O)c2ccc(Cl)cc2)c2cccc(Cl)c21)C(=O)Cc1ccccc1.CN(CCn1c(=N)n(CC(=O)c2ccc(Cl)cc2Cl)c2cccc(Cl)c21)C(=O)Cc1ccccc1. The molecule has 0 unspecified atom stereocenters. The summed E-state index contributed by atoms with van der Waals surface area (Å²) in [6.07, 6.45) is 0.614. The van der Waals surface area contributed by atoms with E-state index in [2.05, 4.69) is 0 Å². The first-order valence-corrected chi connectivity index (χ1v) is 23.7. The highest BCUT2D eigenvalue weighted by atomic mass is 79.9. The molecule has 71 heavy (non-hydrogen) atoms. The highest BCUT2D eigenvalue weighted by Gasteiger charge is 2.21. The van der Waals surface area contributed by atoms with Crippen LogP contribution in [0.15, 0.2) is 140 Å². The number of carbonyl (C=O) groups excluding carboxylic acids is 4. The van der Waals surface area contributed by atoms with Gasteiger partial charge in [-0.05, 0) is 77.9 Å². The second-order valence-corrected chi connectivity index (χ2v) is 18.4. The third-order valence-electron chi connectivity index (χ3n) is 11.6. The molecule has 2 N–H and O–H groups in total. The van der Waals surface area contributed by atoms with Crippen LogP contribution in [0.4, 0.5) is 0 Å². The number of nitrogens with zero attached hydrogens (tertiary/aromatic N) is 6. The Kier molecular flexibility index (Phi) is 20.5. The van der Waals surface area contributed by atoms with E-state index >= 15 is 0 Å². The molecule has 370 valence electrons. The van der Waals surface area contributed by atoms with Gasteiger partial charge >= 0.3 is 0 Å². The lowest BCUT2D eigenvalue weighted by Gasteiger charge is -2.18. The van der Waals surface area contributed by atoms with Crippen LogP contribution in [0.2, 0.25) is 25.1 Å². The van der Waals surface area contributed by atoms with Gasteiger partial charge in [-0.2, -0.15) is 0 Å². The minimum atomic E-state index is -0.251. The number of rotatable bonds is 16. The van der Waals surface area contributed by atoms with E-state index in [0.29, 0.717) is 92.3 Å². The van der Waals surface area contributed by atoms with Crippen LogP contribution in [0.1, 0.15) is 31.8 Å². The number of imidazole rings is 2. The van der Waals surface area contributed by atoms with Gasteiger partial charge in [0.1, 0.15) is 0 Å². The normalized spacial score (nSPS) is 10.7. The number of benzene rings is 6. The predicted octanol–water partition coefficient (Wildman–Crippen LogP) is 11.4. The van der Waals surface area contributed by atoms with Crippen LogP contribution in [0.3, 0.4) is 0 Å². The van der Waals surface area contributed by atoms with E-state index in [0.717, 1.165) is 11.1 Å². The number of nitrogens with one attached hydrogen (secondary N) is 2. The molecule has 0 fully saturated rings. The maximum absolute atomic E-state index is 13.0. The number of hydrogen-bond acceptors (Lipinski definition) is 6. The summed E-state index contributed by atoms with van der Waals surface area (Å²) in [5.74, 6) is -0.416. The molecule has 2 amide bonds. The summed E-state index contributed by atoms with van der Waals surface area (Å²) >= 11 is 31.1. The minimum absolute atomic E-state index is 0. The van der Waals surface area contributed by atoms with Crippen LogP contribution in [-0.2, 0) is 48.6 Å². The Balaban J connectivity index is 0.000000257. The Morgan fingerprint density at radius 2 is 0.901 bits per heavy atom. The zero-order chi connectivity index (χ0) is 49.4. The summed E-state index contributed by atoms with van der Waals surface area (Å²) in [5, 5.41) is 19.8. The predicted molar refractivity (Wildman–Crippen MR) is 294 cm³/mol. The first-order valence-electron chi connectivity index (χ1n) is 21.8. The van der Waals surface area contributed by atoms with Crippen molar-refractivity contribution in [2.75, 3.05) is 27.2 Å². The highest BCUT2D eigenvalue weighted by molar-refractivity contribution is 8.93. The third kappa shape index (κ3) is 13.7. The molecular weight excluding hydrogens is 1140 g/mol. The Morgan fingerprint density at radius 1 is 0.479 bits per heavy atom. The van der Waals surface area contributed by atoms with E-state index in [4.69, 9.17) is 68.8 Å². The monoisotopic (exact) mass is 1180 g/mol.